The molecule has 0 aromatic heterocycles. The third-order valence-electron chi connectivity index (χ3n) is 11.8. The number of carbonyl (C=O) groups is 4. The van der Waals surface area contributed by atoms with Crippen LogP contribution in [0.4, 0.5) is 0 Å². The number of carboxylic acids is 1. The monoisotopic (exact) mass is 1020 g/mol. The molecular weight excluding hydrogens is 925 g/mol. The first-order valence-electron chi connectivity index (χ1n) is 27.9. The summed E-state index contributed by atoms with van der Waals surface area (Å²) >= 11 is 0. The molecule has 1 aliphatic rings. The van der Waals surface area contributed by atoms with Crippen molar-refractivity contribution < 1.29 is 58.2 Å². The normalized spacial score (nSPS) is 19.2. The lowest BCUT2D eigenvalue weighted by atomic mass is 9.98. The predicted octanol–water partition coefficient (Wildman–Crippen LogP) is 13.9. The standard InChI is InChI=1S/C61H96O12/c1-4-7-10-13-16-19-22-25-27-30-32-35-38-41-44-47-53(62)69-50-52(71-54(63)48-45-42-39-36-33-29-24-21-18-15-12-9-6-3)51-70-61-59(57(66)56(65)58(73-61)60(67)68)72-55(64)49-46-43-40-37-34-31-28-26-23-20-17-14-11-8-5-2/h7-8,10-11,16-17,19-21,24-28,32,35,41,44,52,56-59,61,65-66H,4-6,9,12-15,18,22-23,29-31,33-34,36-40,42-43,45-51H2,1-3H3,(H,67,68)/b10-7-,11-8-,19-16-,20-17-,24-21-,27-25-,28-26-,35-32-,44-41-. The average molecular weight is 1020 g/mol. The molecule has 0 amide bonds. The van der Waals surface area contributed by atoms with E-state index in [0.717, 1.165) is 116 Å². The van der Waals surface area contributed by atoms with Crippen LogP contribution in [0.5, 0.6) is 0 Å². The van der Waals surface area contributed by atoms with Gasteiger partial charge in [0.15, 0.2) is 24.6 Å². The molecule has 6 atom stereocenters. The number of hydrogen-bond donors (Lipinski definition) is 3. The summed E-state index contributed by atoms with van der Waals surface area (Å²) in [7, 11) is 0. The van der Waals surface area contributed by atoms with Crippen molar-refractivity contribution in [3.63, 3.8) is 0 Å². The van der Waals surface area contributed by atoms with Crippen LogP contribution in [-0.4, -0.2) is 89.2 Å². The minimum atomic E-state index is -1.93. The molecule has 73 heavy (non-hydrogen) atoms. The van der Waals surface area contributed by atoms with Gasteiger partial charge in [-0.25, -0.2) is 4.79 Å². The van der Waals surface area contributed by atoms with Crippen molar-refractivity contribution in [2.45, 2.75) is 237 Å². The van der Waals surface area contributed by atoms with E-state index >= 15 is 0 Å². The molecule has 1 aliphatic heterocycles. The van der Waals surface area contributed by atoms with Crippen molar-refractivity contribution >= 4 is 23.9 Å². The second kappa shape index (κ2) is 48.3. The summed E-state index contributed by atoms with van der Waals surface area (Å²) < 4.78 is 28.2. The van der Waals surface area contributed by atoms with Crippen LogP contribution in [0.25, 0.3) is 0 Å². The lowest BCUT2D eigenvalue weighted by Gasteiger charge is -2.40. The topological polar surface area (TPSA) is 175 Å². The van der Waals surface area contributed by atoms with Crippen LogP contribution in [0.1, 0.15) is 201 Å². The van der Waals surface area contributed by atoms with E-state index < -0.39 is 67.3 Å². The molecule has 1 saturated heterocycles. The molecule has 0 aromatic rings. The molecular formula is C61H96O12. The van der Waals surface area contributed by atoms with E-state index in [0.29, 0.717) is 19.3 Å². The first-order chi connectivity index (χ1) is 35.6. The van der Waals surface area contributed by atoms with Gasteiger partial charge in [0.05, 0.1) is 13.0 Å². The van der Waals surface area contributed by atoms with Crippen molar-refractivity contribution in [3.05, 3.63) is 109 Å². The molecule has 0 spiro atoms. The number of unbranched alkanes of at least 4 members (excludes halogenated alkanes) is 14. The van der Waals surface area contributed by atoms with Crippen LogP contribution in [0.2, 0.25) is 0 Å². The number of aliphatic hydroxyl groups excluding tert-OH is 2. The number of allylic oxidation sites excluding steroid dienone is 17. The van der Waals surface area contributed by atoms with Gasteiger partial charge >= 0.3 is 23.9 Å². The first kappa shape index (κ1) is 66.4. The van der Waals surface area contributed by atoms with Gasteiger partial charge in [-0.2, -0.15) is 0 Å². The largest absolute Gasteiger partial charge is 0.479 e. The van der Waals surface area contributed by atoms with E-state index in [9.17, 15) is 34.5 Å². The van der Waals surface area contributed by atoms with E-state index in [2.05, 4.69) is 112 Å². The van der Waals surface area contributed by atoms with Crippen molar-refractivity contribution in [3.8, 4) is 0 Å². The Balaban J connectivity index is 2.79. The van der Waals surface area contributed by atoms with Gasteiger partial charge in [-0.1, -0.05) is 188 Å². The summed E-state index contributed by atoms with van der Waals surface area (Å²) in [5.74, 6) is -3.33. The smallest absolute Gasteiger partial charge is 0.335 e. The Labute approximate surface area is 440 Å². The Morgan fingerprint density at radius 1 is 0.479 bits per heavy atom. The van der Waals surface area contributed by atoms with Gasteiger partial charge in [0.2, 0.25) is 0 Å². The molecule has 0 saturated carbocycles. The minimum absolute atomic E-state index is 0.0227. The first-order valence-corrected chi connectivity index (χ1v) is 27.9. The van der Waals surface area contributed by atoms with Crippen LogP contribution in [-0.2, 0) is 42.9 Å². The summed E-state index contributed by atoms with van der Waals surface area (Å²) in [5, 5.41) is 31.4. The molecule has 0 radical (unpaired) electrons. The molecule has 3 N–H and O–H groups in total. The maximum Gasteiger partial charge on any atom is 0.335 e. The molecule has 6 unspecified atom stereocenters. The van der Waals surface area contributed by atoms with Crippen molar-refractivity contribution in [1.82, 2.24) is 0 Å². The Hall–Kier alpha value is -4.62. The number of carbonyl (C=O) groups excluding carboxylic acids is 3. The highest BCUT2D eigenvalue weighted by molar-refractivity contribution is 5.74. The van der Waals surface area contributed by atoms with Crippen LogP contribution in [0.15, 0.2) is 109 Å². The van der Waals surface area contributed by atoms with E-state index in [1.165, 1.54) is 25.7 Å². The number of rotatable bonds is 45. The summed E-state index contributed by atoms with van der Waals surface area (Å²) in [6, 6.07) is 0. The quantitative estimate of drug-likeness (QED) is 0.0228. The highest BCUT2D eigenvalue weighted by Crippen LogP contribution is 2.26. The molecule has 12 nitrogen and oxygen atoms in total. The van der Waals surface area contributed by atoms with Crippen molar-refractivity contribution in [2.75, 3.05) is 13.2 Å². The highest BCUT2D eigenvalue weighted by Gasteiger charge is 2.50. The maximum absolute atomic E-state index is 13.1. The number of aliphatic hydroxyl groups is 2. The number of carboxylic acid groups (broad SMARTS) is 1. The average Bonchev–Trinajstić information content (AvgIpc) is 3.37. The van der Waals surface area contributed by atoms with E-state index in [4.69, 9.17) is 23.7 Å². The Morgan fingerprint density at radius 3 is 1.40 bits per heavy atom. The van der Waals surface area contributed by atoms with Gasteiger partial charge in [0.25, 0.3) is 0 Å². The summed E-state index contributed by atoms with van der Waals surface area (Å²) in [6.45, 7) is 5.62. The van der Waals surface area contributed by atoms with E-state index in [1.807, 2.05) is 12.2 Å². The fraction of sp³-hybridized carbons (Fsp3) is 0.639. The van der Waals surface area contributed by atoms with Gasteiger partial charge in [0.1, 0.15) is 18.8 Å². The predicted molar refractivity (Wildman–Crippen MR) is 294 cm³/mol. The van der Waals surface area contributed by atoms with Gasteiger partial charge in [-0.15, -0.1) is 0 Å². The second-order valence-electron chi connectivity index (χ2n) is 18.5. The van der Waals surface area contributed by atoms with Gasteiger partial charge in [-0.05, 0) is 103 Å². The van der Waals surface area contributed by atoms with Gasteiger partial charge < -0.3 is 39.0 Å². The van der Waals surface area contributed by atoms with Crippen LogP contribution < -0.4 is 0 Å². The Bertz CT molecular complexity index is 1690. The molecule has 1 heterocycles. The fourth-order valence-electron chi connectivity index (χ4n) is 7.62. The molecule has 412 valence electrons. The molecule has 1 fully saturated rings. The van der Waals surface area contributed by atoms with Crippen molar-refractivity contribution in [2.24, 2.45) is 0 Å². The third-order valence-corrected chi connectivity index (χ3v) is 11.8. The van der Waals surface area contributed by atoms with Crippen molar-refractivity contribution in [1.29, 1.82) is 0 Å². The molecule has 0 aliphatic carbocycles. The lowest BCUT2D eigenvalue weighted by Crippen LogP contribution is -2.61. The Morgan fingerprint density at radius 2 is 0.904 bits per heavy atom. The molecule has 0 bridgehead atoms. The zero-order valence-corrected chi connectivity index (χ0v) is 45.1. The number of aliphatic carboxylic acids is 1. The van der Waals surface area contributed by atoms with Crippen LogP contribution >= 0.6 is 0 Å². The summed E-state index contributed by atoms with van der Waals surface area (Å²) in [5.41, 5.74) is 0. The van der Waals surface area contributed by atoms with Gasteiger partial charge in [0, 0.05) is 12.8 Å². The zero-order chi connectivity index (χ0) is 53.3. The minimum Gasteiger partial charge on any atom is -0.479 e. The summed E-state index contributed by atoms with van der Waals surface area (Å²) in [4.78, 5) is 50.9. The van der Waals surface area contributed by atoms with E-state index in [1.54, 1.807) is 6.08 Å². The third kappa shape index (κ3) is 38.6. The molecule has 0 aromatic carbocycles. The SMILES string of the molecule is CC/C=C\C/C=C\C/C=C\C/C=C\C/C=C\CC(=O)OCC(COC1OC(C(=O)O)C(O)C(O)C1OC(=O)CCCCCCC/C=C\C/C=C\C/C=C\CC)OC(=O)CCCCCCC/C=C\CCCCCC. The summed E-state index contributed by atoms with van der Waals surface area (Å²) in [6.07, 6.45) is 52.3. The maximum atomic E-state index is 13.1. The Kier molecular flexibility index (Phi) is 44.0. The number of hydrogen-bond acceptors (Lipinski definition) is 11. The number of ether oxygens (including phenoxy) is 5. The van der Waals surface area contributed by atoms with Crippen LogP contribution in [0.3, 0.4) is 0 Å². The highest BCUT2D eigenvalue weighted by atomic mass is 16.7. The zero-order valence-electron chi connectivity index (χ0n) is 45.1. The van der Waals surface area contributed by atoms with Crippen LogP contribution in [0, 0.1) is 0 Å². The molecule has 1 rings (SSSR count). The molecule has 12 heteroatoms. The fourth-order valence-corrected chi connectivity index (χ4v) is 7.62. The number of esters is 3. The van der Waals surface area contributed by atoms with Gasteiger partial charge in [-0.3, -0.25) is 14.4 Å². The second-order valence-corrected chi connectivity index (χ2v) is 18.5. The lowest BCUT2D eigenvalue weighted by molar-refractivity contribution is -0.301. The van der Waals surface area contributed by atoms with E-state index in [-0.39, 0.29) is 25.9 Å².